The quantitative estimate of drug-likeness (QED) is 0.715. The summed E-state index contributed by atoms with van der Waals surface area (Å²) in [6.45, 7) is 4.16. The molecule has 1 aliphatic carbocycles. The van der Waals surface area contributed by atoms with E-state index in [1.54, 1.807) is 0 Å². The second-order valence-corrected chi connectivity index (χ2v) is 6.47. The summed E-state index contributed by atoms with van der Waals surface area (Å²) in [5.41, 5.74) is 0. The van der Waals surface area contributed by atoms with Gasteiger partial charge in [-0.2, -0.15) is 0 Å². The SMILES string of the molecule is CC(C)CC(CO)NC1CC(=O)N(C2CCCC2)C1=O. The number of hydrogen-bond acceptors (Lipinski definition) is 4. The van der Waals surface area contributed by atoms with Crippen molar-refractivity contribution in [1.82, 2.24) is 10.2 Å². The van der Waals surface area contributed by atoms with Crippen LogP contribution in [0.2, 0.25) is 0 Å². The van der Waals surface area contributed by atoms with Gasteiger partial charge in [0.05, 0.1) is 19.1 Å². The fourth-order valence-corrected chi connectivity index (χ4v) is 3.38. The number of likely N-dealkylation sites (tertiary alicyclic amines) is 1. The number of amides is 2. The zero-order valence-electron chi connectivity index (χ0n) is 12.5. The Hall–Kier alpha value is -0.940. The van der Waals surface area contributed by atoms with Crippen LogP contribution in [-0.2, 0) is 9.59 Å². The summed E-state index contributed by atoms with van der Waals surface area (Å²) in [7, 11) is 0. The van der Waals surface area contributed by atoms with Gasteiger partial charge in [0.15, 0.2) is 0 Å². The molecule has 1 aliphatic heterocycles. The summed E-state index contributed by atoms with van der Waals surface area (Å²) in [5.74, 6) is 0.294. The minimum absolute atomic E-state index is 0.000418. The molecule has 5 nitrogen and oxygen atoms in total. The summed E-state index contributed by atoms with van der Waals surface area (Å²) in [4.78, 5) is 26.0. The molecule has 2 amide bonds. The maximum absolute atomic E-state index is 12.4. The van der Waals surface area contributed by atoms with E-state index in [-0.39, 0.29) is 36.9 Å². The van der Waals surface area contributed by atoms with Gasteiger partial charge in [0.2, 0.25) is 11.8 Å². The Morgan fingerprint density at radius 3 is 2.50 bits per heavy atom. The Morgan fingerprint density at radius 2 is 1.95 bits per heavy atom. The van der Waals surface area contributed by atoms with Crippen LogP contribution in [0.15, 0.2) is 0 Å². The molecule has 0 aromatic carbocycles. The number of aliphatic hydroxyl groups excluding tert-OH is 1. The van der Waals surface area contributed by atoms with Crippen molar-refractivity contribution >= 4 is 11.8 Å². The number of rotatable bonds is 6. The lowest BCUT2D eigenvalue weighted by Gasteiger charge is -2.24. The molecule has 0 spiro atoms. The van der Waals surface area contributed by atoms with Gasteiger partial charge in [-0.3, -0.25) is 14.5 Å². The molecular formula is C15H26N2O3. The summed E-state index contributed by atoms with van der Waals surface area (Å²) in [6.07, 6.45) is 5.14. The molecule has 0 radical (unpaired) electrons. The molecule has 0 aromatic heterocycles. The molecule has 1 saturated carbocycles. The summed E-state index contributed by atoms with van der Waals surface area (Å²) in [5, 5.41) is 12.6. The van der Waals surface area contributed by atoms with Crippen LogP contribution in [0.1, 0.15) is 52.4 Å². The number of imide groups is 1. The third-order valence-electron chi connectivity index (χ3n) is 4.29. The van der Waals surface area contributed by atoms with Crippen molar-refractivity contribution in [2.45, 2.75) is 70.5 Å². The van der Waals surface area contributed by atoms with Gasteiger partial charge in [-0.1, -0.05) is 26.7 Å². The first-order valence-corrected chi connectivity index (χ1v) is 7.75. The van der Waals surface area contributed by atoms with E-state index in [9.17, 15) is 14.7 Å². The first kappa shape index (κ1) is 15.4. The van der Waals surface area contributed by atoms with Gasteiger partial charge >= 0.3 is 0 Å². The summed E-state index contributed by atoms with van der Waals surface area (Å²) >= 11 is 0. The van der Waals surface area contributed by atoms with Gasteiger partial charge in [0.1, 0.15) is 0 Å². The second kappa shape index (κ2) is 6.68. The highest BCUT2D eigenvalue weighted by Gasteiger charge is 2.43. The number of aliphatic hydroxyl groups is 1. The maximum Gasteiger partial charge on any atom is 0.247 e. The third kappa shape index (κ3) is 3.38. The van der Waals surface area contributed by atoms with Crippen molar-refractivity contribution < 1.29 is 14.7 Å². The Morgan fingerprint density at radius 1 is 1.30 bits per heavy atom. The van der Waals surface area contributed by atoms with Gasteiger partial charge in [0, 0.05) is 12.1 Å². The van der Waals surface area contributed by atoms with Gasteiger partial charge in [-0.25, -0.2) is 0 Å². The zero-order valence-corrected chi connectivity index (χ0v) is 12.5. The lowest BCUT2D eigenvalue weighted by atomic mass is 10.0. The highest BCUT2D eigenvalue weighted by Crippen LogP contribution is 2.28. The van der Waals surface area contributed by atoms with Crippen LogP contribution in [0, 0.1) is 5.92 Å². The molecule has 2 unspecified atom stereocenters. The Labute approximate surface area is 120 Å². The maximum atomic E-state index is 12.4. The lowest BCUT2D eigenvalue weighted by Crippen LogP contribution is -2.47. The average Bonchev–Trinajstić information content (AvgIpc) is 2.97. The van der Waals surface area contributed by atoms with Crippen molar-refractivity contribution in [2.75, 3.05) is 6.61 Å². The first-order valence-electron chi connectivity index (χ1n) is 7.75. The van der Waals surface area contributed by atoms with Crippen molar-refractivity contribution in [1.29, 1.82) is 0 Å². The predicted octanol–water partition coefficient (Wildman–Crippen LogP) is 1.05. The minimum Gasteiger partial charge on any atom is -0.395 e. The molecule has 2 aliphatic rings. The third-order valence-corrected chi connectivity index (χ3v) is 4.29. The smallest absolute Gasteiger partial charge is 0.247 e. The molecule has 1 saturated heterocycles. The van der Waals surface area contributed by atoms with Crippen LogP contribution < -0.4 is 5.32 Å². The normalized spacial score (nSPS) is 26.0. The van der Waals surface area contributed by atoms with E-state index in [1.165, 1.54) is 4.90 Å². The molecule has 2 fully saturated rings. The van der Waals surface area contributed by atoms with Gasteiger partial charge < -0.3 is 10.4 Å². The number of nitrogens with one attached hydrogen (secondary N) is 1. The van der Waals surface area contributed by atoms with E-state index < -0.39 is 6.04 Å². The first-order chi connectivity index (χ1) is 9.52. The van der Waals surface area contributed by atoms with Crippen molar-refractivity contribution in [3.05, 3.63) is 0 Å². The van der Waals surface area contributed by atoms with Crippen molar-refractivity contribution in [3.63, 3.8) is 0 Å². The monoisotopic (exact) mass is 282 g/mol. The van der Waals surface area contributed by atoms with Crippen LogP contribution in [0.4, 0.5) is 0 Å². The largest absolute Gasteiger partial charge is 0.395 e. The fraction of sp³-hybridized carbons (Fsp3) is 0.867. The molecule has 0 aromatic rings. The molecular weight excluding hydrogens is 256 g/mol. The molecule has 114 valence electrons. The van der Waals surface area contributed by atoms with Crippen LogP contribution in [-0.4, -0.2) is 46.6 Å². The zero-order chi connectivity index (χ0) is 14.7. The van der Waals surface area contributed by atoms with E-state index in [2.05, 4.69) is 19.2 Å². The number of hydrogen-bond donors (Lipinski definition) is 2. The Balaban J connectivity index is 1.96. The summed E-state index contributed by atoms with van der Waals surface area (Å²) in [6, 6.07) is -0.446. The Bertz CT molecular complexity index is 364. The van der Waals surface area contributed by atoms with Crippen LogP contribution in [0.3, 0.4) is 0 Å². The highest BCUT2D eigenvalue weighted by molar-refractivity contribution is 6.05. The summed E-state index contributed by atoms with van der Waals surface area (Å²) < 4.78 is 0. The fourth-order valence-electron chi connectivity index (χ4n) is 3.38. The molecule has 5 heteroatoms. The van der Waals surface area contributed by atoms with E-state index >= 15 is 0 Å². The van der Waals surface area contributed by atoms with E-state index in [0.717, 1.165) is 32.1 Å². The second-order valence-electron chi connectivity index (χ2n) is 6.47. The van der Waals surface area contributed by atoms with Gasteiger partial charge in [-0.15, -0.1) is 0 Å². The topological polar surface area (TPSA) is 69.6 Å². The van der Waals surface area contributed by atoms with E-state index in [0.29, 0.717) is 5.92 Å². The van der Waals surface area contributed by atoms with Gasteiger partial charge in [0.25, 0.3) is 0 Å². The van der Waals surface area contributed by atoms with E-state index in [4.69, 9.17) is 0 Å². The van der Waals surface area contributed by atoms with E-state index in [1.807, 2.05) is 0 Å². The molecule has 2 rings (SSSR count). The minimum atomic E-state index is -0.445. The highest BCUT2D eigenvalue weighted by atomic mass is 16.3. The molecule has 0 bridgehead atoms. The average molecular weight is 282 g/mol. The number of carbonyl (C=O) groups excluding carboxylic acids is 2. The molecule has 2 N–H and O–H groups in total. The van der Waals surface area contributed by atoms with Crippen molar-refractivity contribution in [3.8, 4) is 0 Å². The lowest BCUT2D eigenvalue weighted by molar-refractivity contribution is -0.141. The number of carbonyl (C=O) groups is 2. The molecule has 20 heavy (non-hydrogen) atoms. The molecule has 2 atom stereocenters. The van der Waals surface area contributed by atoms with Crippen molar-refractivity contribution in [2.24, 2.45) is 5.92 Å². The van der Waals surface area contributed by atoms with Crippen LogP contribution in [0.25, 0.3) is 0 Å². The standard InChI is InChI=1S/C15H26N2O3/c1-10(2)7-11(9-18)16-13-8-14(19)17(15(13)20)12-5-3-4-6-12/h10-13,16,18H,3-9H2,1-2H3. The molecule has 1 heterocycles. The number of nitrogens with zero attached hydrogens (tertiary/aromatic N) is 1. The van der Waals surface area contributed by atoms with Crippen LogP contribution >= 0.6 is 0 Å². The van der Waals surface area contributed by atoms with Gasteiger partial charge in [-0.05, 0) is 25.2 Å². The Kier molecular flexibility index (Phi) is 5.16. The predicted molar refractivity (Wildman–Crippen MR) is 76.0 cm³/mol. The van der Waals surface area contributed by atoms with Crippen LogP contribution in [0.5, 0.6) is 0 Å².